The van der Waals surface area contributed by atoms with Gasteiger partial charge < -0.3 is 16.0 Å². The Balaban J connectivity index is 2.16. The van der Waals surface area contributed by atoms with E-state index in [1.54, 1.807) is 4.57 Å². The molecule has 0 radical (unpaired) electrons. The molecule has 0 aliphatic carbocycles. The second-order valence-electron chi connectivity index (χ2n) is 5.56. The SMILES string of the molecule is CCCCc1nc2c(N)nc(N)nc2n1Cc1c(F)cccc1F. The van der Waals surface area contributed by atoms with Gasteiger partial charge in [0.15, 0.2) is 17.0 Å². The highest BCUT2D eigenvalue weighted by atomic mass is 19.1. The third-order valence-electron chi connectivity index (χ3n) is 3.85. The minimum absolute atomic E-state index is 0.00260. The zero-order valence-corrected chi connectivity index (χ0v) is 13.3. The molecule has 0 amide bonds. The summed E-state index contributed by atoms with van der Waals surface area (Å²) in [6.07, 6.45) is 2.48. The minimum Gasteiger partial charge on any atom is -0.382 e. The van der Waals surface area contributed by atoms with Crippen LogP contribution in [0.3, 0.4) is 0 Å². The number of nitrogens with two attached hydrogens (primary N) is 2. The number of fused-ring (bicyclic) bond motifs is 1. The Morgan fingerprint density at radius 1 is 1.08 bits per heavy atom. The van der Waals surface area contributed by atoms with Gasteiger partial charge in [-0.3, -0.25) is 0 Å². The molecule has 0 saturated carbocycles. The number of anilines is 2. The van der Waals surface area contributed by atoms with Crippen molar-refractivity contribution in [2.75, 3.05) is 11.5 Å². The number of aromatic nitrogens is 4. The predicted octanol–water partition coefficient (Wildman–Crippen LogP) is 2.66. The Bertz CT molecular complexity index is 870. The molecule has 4 N–H and O–H groups in total. The van der Waals surface area contributed by atoms with Crippen LogP contribution in [0.25, 0.3) is 11.2 Å². The summed E-state index contributed by atoms with van der Waals surface area (Å²) in [7, 11) is 0. The van der Waals surface area contributed by atoms with Gasteiger partial charge in [0.05, 0.1) is 6.54 Å². The Kier molecular flexibility index (Phi) is 4.28. The van der Waals surface area contributed by atoms with Crippen LogP contribution in [0.15, 0.2) is 18.2 Å². The first-order valence-electron chi connectivity index (χ1n) is 7.72. The number of aryl methyl sites for hydroxylation is 1. The van der Waals surface area contributed by atoms with E-state index in [1.165, 1.54) is 18.2 Å². The summed E-state index contributed by atoms with van der Waals surface area (Å²) in [5.74, 6) is -0.428. The highest BCUT2D eigenvalue weighted by Crippen LogP contribution is 2.24. The van der Waals surface area contributed by atoms with Crippen LogP contribution in [0.2, 0.25) is 0 Å². The zero-order valence-electron chi connectivity index (χ0n) is 13.3. The third-order valence-corrected chi connectivity index (χ3v) is 3.85. The molecule has 0 aliphatic heterocycles. The first-order chi connectivity index (χ1) is 11.5. The molecule has 126 valence electrons. The molecule has 8 heteroatoms. The number of hydrogen-bond acceptors (Lipinski definition) is 5. The summed E-state index contributed by atoms with van der Waals surface area (Å²) in [5, 5.41) is 0. The average Bonchev–Trinajstić information content (AvgIpc) is 2.87. The van der Waals surface area contributed by atoms with Crippen LogP contribution in [0, 0.1) is 11.6 Å². The van der Waals surface area contributed by atoms with Crippen molar-refractivity contribution in [1.82, 2.24) is 19.5 Å². The highest BCUT2D eigenvalue weighted by Gasteiger charge is 2.18. The Labute approximate surface area is 137 Å². The lowest BCUT2D eigenvalue weighted by molar-refractivity contribution is 0.541. The first-order valence-corrected chi connectivity index (χ1v) is 7.72. The van der Waals surface area contributed by atoms with Crippen molar-refractivity contribution < 1.29 is 8.78 Å². The molecule has 0 fully saturated rings. The van der Waals surface area contributed by atoms with E-state index in [2.05, 4.69) is 21.9 Å². The van der Waals surface area contributed by atoms with Crippen molar-refractivity contribution in [3.05, 3.63) is 41.2 Å². The second kappa shape index (κ2) is 6.38. The molecule has 0 spiro atoms. The fraction of sp³-hybridized carbons (Fsp3) is 0.312. The van der Waals surface area contributed by atoms with Crippen LogP contribution >= 0.6 is 0 Å². The van der Waals surface area contributed by atoms with Crippen molar-refractivity contribution in [3.8, 4) is 0 Å². The Morgan fingerprint density at radius 2 is 1.79 bits per heavy atom. The topological polar surface area (TPSA) is 95.6 Å². The maximum atomic E-state index is 14.0. The number of imidazole rings is 1. The van der Waals surface area contributed by atoms with Gasteiger partial charge in [0.25, 0.3) is 0 Å². The standard InChI is InChI=1S/C16H18F2N6/c1-2-3-7-12-21-13-14(19)22-16(20)23-15(13)24(12)8-9-10(17)5-4-6-11(9)18/h4-6H,2-3,7-8H2,1H3,(H4,19,20,22,23). The lowest BCUT2D eigenvalue weighted by Gasteiger charge is -2.10. The third kappa shape index (κ3) is 2.86. The molecule has 0 unspecified atom stereocenters. The fourth-order valence-corrected chi connectivity index (χ4v) is 2.62. The van der Waals surface area contributed by atoms with Gasteiger partial charge in [-0.2, -0.15) is 9.97 Å². The first kappa shape index (κ1) is 16.1. The molecule has 3 rings (SSSR count). The molecule has 24 heavy (non-hydrogen) atoms. The second-order valence-corrected chi connectivity index (χ2v) is 5.56. The van der Waals surface area contributed by atoms with E-state index in [9.17, 15) is 8.78 Å². The van der Waals surface area contributed by atoms with Crippen molar-refractivity contribution in [2.24, 2.45) is 0 Å². The van der Waals surface area contributed by atoms with E-state index in [0.29, 0.717) is 23.4 Å². The number of nitrogen functional groups attached to an aromatic ring is 2. The number of nitrogens with zero attached hydrogens (tertiary/aromatic N) is 4. The van der Waals surface area contributed by atoms with E-state index in [0.717, 1.165) is 12.8 Å². The van der Waals surface area contributed by atoms with E-state index in [1.807, 2.05) is 0 Å². The van der Waals surface area contributed by atoms with Crippen LogP contribution in [0.5, 0.6) is 0 Å². The lowest BCUT2D eigenvalue weighted by Crippen LogP contribution is -2.10. The van der Waals surface area contributed by atoms with E-state index in [-0.39, 0.29) is 23.9 Å². The molecule has 3 aromatic rings. The number of unbranched alkanes of at least 4 members (excludes halogenated alkanes) is 1. The molecule has 2 aromatic heterocycles. The van der Waals surface area contributed by atoms with Gasteiger partial charge in [-0.15, -0.1) is 0 Å². The van der Waals surface area contributed by atoms with Gasteiger partial charge in [0.1, 0.15) is 17.5 Å². The normalized spacial score (nSPS) is 11.3. The van der Waals surface area contributed by atoms with Gasteiger partial charge in [-0.25, -0.2) is 13.8 Å². The highest BCUT2D eigenvalue weighted by molar-refractivity contribution is 5.83. The summed E-state index contributed by atoms with van der Waals surface area (Å²) in [5.41, 5.74) is 12.3. The molecular formula is C16H18F2N6. The average molecular weight is 332 g/mol. The van der Waals surface area contributed by atoms with Gasteiger partial charge in [-0.1, -0.05) is 19.4 Å². The summed E-state index contributed by atoms with van der Waals surface area (Å²) >= 11 is 0. The molecular weight excluding hydrogens is 314 g/mol. The van der Waals surface area contributed by atoms with E-state index < -0.39 is 11.6 Å². The van der Waals surface area contributed by atoms with E-state index in [4.69, 9.17) is 11.5 Å². The van der Waals surface area contributed by atoms with Gasteiger partial charge in [-0.05, 0) is 18.6 Å². The van der Waals surface area contributed by atoms with Crippen LogP contribution in [-0.4, -0.2) is 19.5 Å². The van der Waals surface area contributed by atoms with Crippen molar-refractivity contribution in [2.45, 2.75) is 32.7 Å². The number of hydrogen-bond donors (Lipinski definition) is 2. The van der Waals surface area contributed by atoms with Gasteiger partial charge in [0, 0.05) is 12.0 Å². The Morgan fingerprint density at radius 3 is 2.46 bits per heavy atom. The lowest BCUT2D eigenvalue weighted by atomic mass is 10.2. The smallest absolute Gasteiger partial charge is 0.224 e. The van der Waals surface area contributed by atoms with Crippen LogP contribution in [-0.2, 0) is 13.0 Å². The number of halogens is 2. The number of benzene rings is 1. The van der Waals surface area contributed by atoms with Crippen LogP contribution in [0.4, 0.5) is 20.5 Å². The molecule has 2 heterocycles. The minimum atomic E-state index is -0.617. The molecule has 6 nitrogen and oxygen atoms in total. The van der Waals surface area contributed by atoms with E-state index >= 15 is 0 Å². The van der Waals surface area contributed by atoms with Crippen molar-refractivity contribution >= 4 is 22.9 Å². The molecule has 0 aliphatic rings. The maximum Gasteiger partial charge on any atom is 0.224 e. The summed E-state index contributed by atoms with van der Waals surface area (Å²) < 4.78 is 29.7. The molecule has 0 bridgehead atoms. The molecule has 1 aromatic carbocycles. The fourth-order valence-electron chi connectivity index (χ4n) is 2.62. The quantitative estimate of drug-likeness (QED) is 0.749. The maximum absolute atomic E-state index is 14.0. The number of rotatable bonds is 5. The summed E-state index contributed by atoms with van der Waals surface area (Å²) in [6.45, 7) is 2.01. The van der Waals surface area contributed by atoms with Crippen LogP contribution in [0.1, 0.15) is 31.2 Å². The van der Waals surface area contributed by atoms with Gasteiger partial charge in [0.2, 0.25) is 5.95 Å². The summed E-state index contributed by atoms with van der Waals surface area (Å²) in [4.78, 5) is 12.5. The van der Waals surface area contributed by atoms with Crippen molar-refractivity contribution in [3.63, 3.8) is 0 Å². The molecule has 0 saturated heterocycles. The largest absolute Gasteiger partial charge is 0.382 e. The molecule has 0 atom stereocenters. The van der Waals surface area contributed by atoms with Gasteiger partial charge >= 0.3 is 0 Å². The van der Waals surface area contributed by atoms with Crippen LogP contribution < -0.4 is 11.5 Å². The predicted molar refractivity (Wildman–Crippen MR) is 88.2 cm³/mol. The zero-order chi connectivity index (χ0) is 17.3. The Hall–Kier alpha value is -2.77. The van der Waals surface area contributed by atoms with Crippen molar-refractivity contribution in [1.29, 1.82) is 0 Å². The monoisotopic (exact) mass is 332 g/mol. The summed E-state index contributed by atoms with van der Waals surface area (Å²) in [6, 6.07) is 3.78.